The van der Waals surface area contributed by atoms with Crippen LogP contribution >= 0.6 is 22.6 Å². The van der Waals surface area contributed by atoms with Gasteiger partial charge in [-0.15, -0.1) is 0 Å². The number of ether oxygens (including phenoxy) is 1. The molecule has 2 aromatic rings. The Kier molecular flexibility index (Phi) is 2.62. The van der Waals surface area contributed by atoms with Crippen molar-refractivity contribution in [2.75, 3.05) is 0 Å². The Bertz CT molecular complexity index is 450. The van der Waals surface area contributed by atoms with E-state index in [2.05, 4.69) is 32.6 Å². The van der Waals surface area contributed by atoms with Crippen molar-refractivity contribution >= 4 is 33.6 Å². The molecule has 14 heavy (non-hydrogen) atoms. The van der Waals surface area contributed by atoms with Crippen molar-refractivity contribution < 1.29 is 4.74 Å². The third-order valence-corrected chi connectivity index (χ3v) is 2.96. The third-order valence-electron chi connectivity index (χ3n) is 1.85. The lowest BCUT2D eigenvalue weighted by Gasteiger charge is -2.10. The highest BCUT2D eigenvalue weighted by atomic mass is 127. The van der Waals surface area contributed by atoms with Crippen LogP contribution in [0.3, 0.4) is 0 Å². The van der Waals surface area contributed by atoms with Gasteiger partial charge in [0.1, 0.15) is 5.65 Å². The molecule has 0 radical (unpaired) electrons. The van der Waals surface area contributed by atoms with E-state index in [1.54, 1.807) is 6.20 Å². The van der Waals surface area contributed by atoms with Gasteiger partial charge in [0.25, 0.3) is 0 Å². The van der Waals surface area contributed by atoms with E-state index in [1.165, 1.54) is 0 Å². The summed E-state index contributed by atoms with van der Waals surface area (Å²) in [5.74, 6) is 0.854. The zero-order chi connectivity index (χ0) is 10.1. The van der Waals surface area contributed by atoms with Crippen LogP contribution in [0.15, 0.2) is 18.5 Å². The van der Waals surface area contributed by atoms with E-state index >= 15 is 0 Å². The lowest BCUT2D eigenvalue weighted by molar-refractivity contribution is 0.240. The Hall–Kier alpha value is -0.780. The van der Waals surface area contributed by atoms with Gasteiger partial charge in [-0.05, 0) is 42.5 Å². The van der Waals surface area contributed by atoms with E-state index in [4.69, 9.17) is 4.74 Å². The molecule has 1 N–H and O–H groups in total. The molecule has 0 fully saturated rings. The molecule has 0 unspecified atom stereocenters. The highest BCUT2D eigenvalue weighted by molar-refractivity contribution is 14.1. The average molecular weight is 302 g/mol. The summed E-state index contributed by atoms with van der Waals surface area (Å²) in [6.07, 6.45) is 3.83. The Labute approximate surface area is 96.0 Å². The van der Waals surface area contributed by atoms with Crippen LogP contribution in [0.1, 0.15) is 13.8 Å². The van der Waals surface area contributed by atoms with Crippen molar-refractivity contribution in [1.82, 2.24) is 9.97 Å². The van der Waals surface area contributed by atoms with Crippen molar-refractivity contribution in [2.24, 2.45) is 0 Å². The fourth-order valence-electron chi connectivity index (χ4n) is 1.29. The van der Waals surface area contributed by atoms with E-state index in [-0.39, 0.29) is 6.10 Å². The number of H-pyrrole nitrogens is 1. The van der Waals surface area contributed by atoms with Gasteiger partial charge < -0.3 is 9.72 Å². The Morgan fingerprint density at radius 3 is 3.00 bits per heavy atom. The highest BCUT2D eigenvalue weighted by Crippen LogP contribution is 2.27. The van der Waals surface area contributed by atoms with Crippen LogP contribution in [0.5, 0.6) is 5.75 Å². The molecule has 0 atom stereocenters. The van der Waals surface area contributed by atoms with Gasteiger partial charge in [-0.3, -0.25) is 0 Å². The third kappa shape index (κ3) is 1.70. The average Bonchev–Trinajstić information content (AvgIpc) is 2.57. The predicted molar refractivity (Wildman–Crippen MR) is 64.6 cm³/mol. The molecular formula is C10H11IN2O. The van der Waals surface area contributed by atoms with Crippen LogP contribution in [-0.4, -0.2) is 16.1 Å². The van der Waals surface area contributed by atoms with Gasteiger partial charge in [-0.1, -0.05) is 0 Å². The molecule has 0 aliphatic carbocycles. The lowest BCUT2D eigenvalue weighted by atomic mass is 10.3. The van der Waals surface area contributed by atoms with Crippen LogP contribution in [0.2, 0.25) is 0 Å². The summed E-state index contributed by atoms with van der Waals surface area (Å²) < 4.78 is 6.75. The van der Waals surface area contributed by atoms with Crippen molar-refractivity contribution in [3.63, 3.8) is 0 Å². The molecule has 74 valence electrons. The van der Waals surface area contributed by atoms with Crippen molar-refractivity contribution in [2.45, 2.75) is 20.0 Å². The maximum atomic E-state index is 5.64. The molecule has 2 heterocycles. The highest BCUT2D eigenvalue weighted by Gasteiger charge is 2.08. The molecular weight excluding hydrogens is 291 g/mol. The molecule has 0 saturated carbocycles. The number of aromatic nitrogens is 2. The predicted octanol–water partition coefficient (Wildman–Crippen LogP) is 2.95. The van der Waals surface area contributed by atoms with Crippen molar-refractivity contribution in [3.8, 4) is 5.75 Å². The first-order chi connectivity index (χ1) is 6.68. The molecule has 0 bridgehead atoms. The smallest absolute Gasteiger partial charge is 0.152 e. The Morgan fingerprint density at radius 2 is 2.29 bits per heavy atom. The van der Waals surface area contributed by atoms with E-state index in [0.717, 1.165) is 20.4 Å². The molecule has 2 aromatic heterocycles. The molecule has 0 spiro atoms. The summed E-state index contributed by atoms with van der Waals surface area (Å²) in [6.45, 7) is 4.02. The molecule has 3 nitrogen and oxygen atoms in total. The van der Waals surface area contributed by atoms with E-state index in [9.17, 15) is 0 Å². The van der Waals surface area contributed by atoms with Gasteiger partial charge in [-0.25, -0.2) is 4.98 Å². The zero-order valence-electron chi connectivity index (χ0n) is 8.04. The number of nitrogens with one attached hydrogen (secondary N) is 1. The molecule has 2 rings (SSSR count). The topological polar surface area (TPSA) is 37.9 Å². The fraction of sp³-hybridized carbons (Fsp3) is 0.300. The van der Waals surface area contributed by atoms with Crippen LogP contribution in [-0.2, 0) is 0 Å². The standard InChI is InChI=1S/C10H11IN2O/c1-6(2)14-8-5-13-10-7(9(8)11)3-4-12-10/h3-6H,1-2H3,(H,12,13). The van der Waals surface area contributed by atoms with Crippen molar-refractivity contribution in [1.29, 1.82) is 0 Å². The Balaban J connectivity index is 2.51. The lowest BCUT2D eigenvalue weighted by Crippen LogP contribution is -2.07. The first-order valence-corrected chi connectivity index (χ1v) is 5.54. The minimum absolute atomic E-state index is 0.182. The second kappa shape index (κ2) is 3.76. The molecule has 0 saturated heterocycles. The minimum Gasteiger partial charge on any atom is -0.488 e. The number of halogens is 1. The van der Waals surface area contributed by atoms with Crippen LogP contribution in [0, 0.1) is 3.57 Å². The summed E-state index contributed by atoms with van der Waals surface area (Å²) in [6, 6.07) is 2.01. The molecule has 0 aliphatic heterocycles. The maximum absolute atomic E-state index is 5.64. The number of aromatic amines is 1. The quantitative estimate of drug-likeness (QED) is 0.866. The first-order valence-electron chi connectivity index (χ1n) is 4.46. The minimum atomic E-state index is 0.182. The van der Waals surface area contributed by atoms with Crippen molar-refractivity contribution in [3.05, 3.63) is 22.0 Å². The summed E-state index contributed by atoms with van der Waals surface area (Å²) in [5.41, 5.74) is 0.908. The molecule has 4 heteroatoms. The van der Waals surface area contributed by atoms with Gasteiger partial charge in [-0.2, -0.15) is 0 Å². The normalized spacial score (nSPS) is 11.1. The summed E-state index contributed by atoms with van der Waals surface area (Å²) >= 11 is 2.28. The molecule has 0 aliphatic rings. The largest absolute Gasteiger partial charge is 0.488 e. The number of hydrogen-bond acceptors (Lipinski definition) is 2. The summed E-state index contributed by atoms with van der Waals surface area (Å²) in [4.78, 5) is 7.34. The zero-order valence-corrected chi connectivity index (χ0v) is 10.2. The number of nitrogens with zero attached hydrogens (tertiary/aromatic N) is 1. The Morgan fingerprint density at radius 1 is 1.50 bits per heavy atom. The number of pyridine rings is 1. The first kappa shape index (κ1) is 9.76. The van der Waals surface area contributed by atoms with Gasteiger partial charge in [0, 0.05) is 11.6 Å². The monoisotopic (exact) mass is 302 g/mol. The SMILES string of the molecule is CC(C)Oc1cnc2[nH]ccc2c1I. The van der Waals surface area contributed by atoms with Gasteiger partial charge in [0.15, 0.2) is 5.75 Å². The summed E-state index contributed by atoms with van der Waals surface area (Å²) in [5, 5.41) is 1.11. The number of rotatable bonds is 2. The summed E-state index contributed by atoms with van der Waals surface area (Å²) in [7, 11) is 0. The van der Waals surface area contributed by atoms with Crippen LogP contribution in [0.25, 0.3) is 11.0 Å². The van der Waals surface area contributed by atoms with E-state index in [0.29, 0.717) is 0 Å². The number of fused-ring (bicyclic) bond motifs is 1. The van der Waals surface area contributed by atoms with Crippen LogP contribution < -0.4 is 4.74 Å². The van der Waals surface area contributed by atoms with E-state index in [1.807, 2.05) is 26.1 Å². The second-order valence-electron chi connectivity index (χ2n) is 3.34. The van der Waals surface area contributed by atoms with Crippen LogP contribution in [0.4, 0.5) is 0 Å². The van der Waals surface area contributed by atoms with Gasteiger partial charge in [0.2, 0.25) is 0 Å². The molecule has 0 aromatic carbocycles. The van der Waals surface area contributed by atoms with E-state index < -0.39 is 0 Å². The second-order valence-corrected chi connectivity index (χ2v) is 4.42. The van der Waals surface area contributed by atoms with Gasteiger partial charge >= 0.3 is 0 Å². The maximum Gasteiger partial charge on any atom is 0.152 e. The number of hydrogen-bond donors (Lipinski definition) is 1. The van der Waals surface area contributed by atoms with Gasteiger partial charge in [0.05, 0.1) is 15.9 Å². The fourth-order valence-corrected chi connectivity index (χ4v) is 1.99. The molecule has 0 amide bonds.